The van der Waals surface area contributed by atoms with E-state index >= 15 is 0 Å². The molecule has 1 aliphatic heterocycles. The Kier molecular flexibility index (Phi) is 6.27. The number of ether oxygens (including phenoxy) is 1. The summed E-state index contributed by atoms with van der Waals surface area (Å²) < 4.78 is 49.6. The molecule has 0 bridgehead atoms. The fraction of sp³-hybridized carbons (Fsp3) is 1.00. The maximum Gasteiger partial charge on any atom is 0.470 e. The van der Waals surface area contributed by atoms with Crippen molar-refractivity contribution >= 4 is 23.5 Å². The highest BCUT2D eigenvalue weighted by molar-refractivity contribution is 7.46. The maximum absolute atomic E-state index is 10.8. The molecule has 0 aliphatic carbocycles. The Bertz CT molecular complexity index is 486. The van der Waals surface area contributed by atoms with Gasteiger partial charge in [-0.1, -0.05) is 0 Å². The second-order valence-electron chi connectivity index (χ2n) is 3.85. The minimum Gasteiger partial charge on any atom is -0.370 e. The summed E-state index contributed by atoms with van der Waals surface area (Å²) in [5.74, 6) is 0. The van der Waals surface area contributed by atoms with E-state index in [4.69, 9.17) is 34.1 Å². The predicted octanol–water partition coefficient (Wildman–Crippen LogP) is -1.55. The lowest BCUT2D eigenvalue weighted by molar-refractivity contribution is -0.00626. The predicted molar refractivity (Wildman–Crippen MR) is 61.6 cm³/mol. The van der Waals surface area contributed by atoms with E-state index in [2.05, 4.69) is 13.6 Å². The van der Waals surface area contributed by atoms with Crippen molar-refractivity contribution in [3.63, 3.8) is 0 Å². The van der Waals surface area contributed by atoms with E-state index in [-0.39, 0.29) is 0 Å². The number of rotatable bonds is 7. The largest absolute Gasteiger partial charge is 0.470 e. The van der Waals surface area contributed by atoms with Crippen molar-refractivity contribution in [3.8, 4) is 0 Å². The van der Waals surface area contributed by atoms with Crippen molar-refractivity contribution in [3.05, 3.63) is 0 Å². The second-order valence-corrected chi connectivity index (χ2v) is 7.48. The lowest BCUT2D eigenvalue weighted by Gasteiger charge is -2.23. The highest BCUT2D eigenvalue weighted by Crippen LogP contribution is 2.46. The van der Waals surface area contributed by atoms with Crippen molar-refractivity contribution in [2.75, 3.05) is 13.2 Å². The molecule has 126 valence electrons. The Morgan fingerprint density at radius 2 is 1.43 bits per heavy atom. The molecule has 13 nitrogen and oxygen atoms in total. The van der Waals surface area contributed by atoms with E-state index in [9.17, 15) is 13.7 Å². The molecule has 1 fully saturated rings. The third-order valence-electron chi connectivity index (χ3n) is 2.15. The van der Waals surface area contributed by atoms with Crippen LogP contribution in [-0.2, 0) is 32.0 Å². The molecule has 0 unspecified atom stereocenters. The topological polar surface area (TPSA) is 210 Å². The molecular formula is C5H13O13P3. The first-order valence-corrected chi connectivity index (χ1v) is 9.65. The van der Waals surface area contributed by atoms with Crippen LogP contribution in [0.1, 0.15) is 0 Å². The standard InChI is InChI=1S/C5H13O13P3/c6-19(7,8)16-2-3-5(18-21(12,13)14)4(1-15-3)17-20(9,10)11/h3-5H,1-2H2,(H2,6,7,8)(H2,9,10,11)(H2,12,13,14)/t3-,4+,5-/m1/s1. The van der Waals surface area contributed by atoms with Gasteiger partial charge in [0.05, 0.1) is 13.2 Å². The molecule has 1 aliphatic rings. The molecule has 0 aromatic carbocycles. The van der Waals surface area contributed by atoms with Gasteiger partial charge >= 0.3 is 23.5 Å². The summed E-state index contributed by atoms with van der Waals surface area (Å²) in [6.45, 7) is -1.37. The Morgan fingerprint density at radius 1 is 0.905 bits per heavy atom. The van der Waals surface area contributed by atoms with Gasteiger partial charge in [0.15, 0.2) is 0 Å². The van der Waals surface area contributed by atoms with Gasteiger partial charge in [-0.2, -0.15) is 0 Å². The summed E-state index contributed by atoms with van der Waals surface area (Å²) in [4.78, 5) is 51.9. The van der Waals surface area contributed by atoms with Gasteiger partial charge in [-0.15, -0.1) is 0 Å². The lowest BCUT2D eigenvalue weighted by Crippen LogP contribution is -2.36. The normalized spacial score (nSPS) is 28.0. The molecule has 0 aromatic rings. The Hall–Kier alpha value is 0.290. The van der Waals surface area contributed by atoms with Gasteiger partial charge in [0.1, 0.15) is 18.3 Å². The van der Waals surface area contributed by atoms with Crippen molar-refractivity contribution < 1.29 is 61.4 Å². The number of hydrogen-bond acceptors (Lipinski definition) is 7. The van der Waals surface area contributed by atoms with E-state index in [1.54, 1.807) is 0 Å². The molecule has 1 rings (SSSR count). The first kappa shape index (κ1) is 19.3. The summed E-state index contributed by atoms with van der Waals surface area (Å²) in [5, 5.41) is 0. The minimum atomic E-state index is -5.08. The molecule has 0 spiro atoms. The summed E-state index contributed by atoms with van der Waals surface area (Å²) in [7, 11) is -15.0. The maximum atomic E-state index is 10.8. The average Bonchev–Trinajstić information content (AvgIpc) is 2.52. The van der Waals surface area contributed by atoms with Crippen LogP contribution in [0.15, 0.2) is 0 Å². The SMILES string of the molecule is O=P(O)(O)OC[C@H]1OC[C@H](OP(=O)(O)O)[C@@H]1OP(=O)(O)O. The summed E-state index contributed by atoms with van der Waals surface area (Å²) in [6, 6.07) is 0. The van der Waals surface area contributed by atoms with Crippen LogP contribution < -0.4 is 0 Å². The van der Waals surface area contributed by atoms with Gasteiger partial charge in [-0.3, -0.25) is 13.6 Å². The molecule has 0 aromatic heterocycles. The second kappa shape index (κ2) is 6.81. The molecule has 0 saturated carbocycles. The summed E-state index contributed by atoms with van der Waals surface area (Å²) in [6.07, 6.45) is -4.68. The van der Waals surface area contributed by atoms with Crippen LogP contribution in [0, 0.1) is 0 Å². The van der Waals surface area contributed by atoms with Crippen LogP contribution in [0.25, 0.3) is 0 Å². The van der Waals surface area contributed by atoms with Crippen molar-refractivity contribution in [1.82, 2.24) is 0 Å². The fourth-order valence-electron chi connectivity index (χ4n) is 1.52. The molecule has 1 heterocycles. The minimum absolute atomic E-state index is 0.537. The van der Waals surface area contributed by atoms with E-state index < -0.39 is 55.0 Å². The third kappa shape index (κ3) is 7.91. The van der Waals surface area contributed by atoms with E-state index in [0.29, 0.717) is 0 Å². The van der Waals surface area contributed by atoms with Crippen molar-refractivity contribution in [1.29, 1.82) is 0 Å². The van der Waals surface area contributed by atoms with Crippen molar-refractivity contribution in [2.24, 2.45) is 0 Å². The van der Waals surface area contributed by atoms with Crippen LogP contribution in [0.2, 0.25) is 0 Å². The van der Waals surface area contributed by atoms with E-state index in [1.807, 2.05) is 0 Å². The molecule has 16 heteroatoms. The molecule has 0 radical (unpaired) electrons. The number of phosphoric ester groups is 3. The number of hydrogen-bond donors (Lipinski definition) is 6. The zero-order valence-electron chi connectivity index (χ0n) is 10.0. The first-order valence-electron chi connectivity index (χ1n) is 5.06. The van der Waals surface area contributed by atoms with Crippen LogP contribution in [0.4, 0.5) is 0 Å². The van der Waals surface area contributed by atoms with E-state index in [0.717, 1.165) is 0 Å². The van der Waals surface area contributed by atoms with Gasteiger partial charge in [0.2, 0.25) is 0 Å². The van der Waals surface area contributed by atoms with Crippen LogP contribution in [0.5, 0.6) is 0 Å². The highest BCUT2D eigenvalue weighted by atomic mass is 31.2. The van der Waals surface area contributed by atoms with E-state index in [1.165, 1.54) is 0 Å². The molecule has 0 amide bonds. The van der Waals surface area contributed by atoms with Gasteiger partial charge in [-0.25, -0.2) is 13.7 Å². The zero-order chi connectivity index (χ0) is 16.5. The van der Waals surface area contributed by atoms with Gasteiger partial charge in [-0.05, 0) is 0 Å². The quantitative estimate of drug-likeness (QED) is 0.279. The molecular weight excluding hydrogens is 361 g/mol. The smallest absolute Gasteiger partial charge is 0.370 e. The Labute approximate surface area is 117 Å². The molecule has 6 N–H and O–H groups in total. The molecule has 1 saturated heterocycles. The highest BCUT2D eigenvalue weighted by Gasteiger charge is 2.46. The lowest BCUT2D eigenvalue weighted by atomic mass is 10.2. The Morgan fingerprint density at radius 3 is 1.86 bits per heavy atom. The van der Waals surface area contributed by atoms with Crippen LogP contribution in [-0.4, -0.2) is 60.9 Å². The fourth-order valence-corrected chi connectivity index (χ4v) is 2.99. The van der Waals surface area contributed by atoms with Crippen LogP contribution in [0.3, 0.4) is 0 Å². The van der Waals surface area contributed by atoms with Gasteiger partial charge in [0.25, 0.3) is 0 Å². The molecule has 21 heavy (non-hydrogen) atoms. The summed E-state index contributed by atoms with van der Waals surface area (Å²) >= 11 is 0. The average molecular weight is 374 g/mol. The van der Waals surface area contributed by atoms with Gasteiger partial charge < -0.3 is 34.1 Å². The van der Waals surface area contributed by atoms with Gasteiger partial charge in [0, 0.05) is 0 Å². The molecule has 3 atom stereocenters. The summed E-state index contributed by atoms with van der Waals surface area (Å²) in [5.41, 5.74) is 0. The third-order valence-corrected chi connectivity index (χ3v) is 3.70. The van der Waals surface area contributed by atoms with Crippen molar-refractivity contribution in [2.45, 2.75) is 18.3 Å². The first-order chi connectivity index (χ1) is 9.27. The Balaban J connectivity index is 2.81. The monoisotopic (exact) mass is 374 g/mol. The van der Waals surface area contributed by atoms with Crippen LogP contribution >= 0.6 is 23.5 Å². The number of phosphoric acid groups is 3. The zero-order valence-corrected chi connectivity index (χ0v) is 12.7.